The first-order chi connectivity index (χ1) is 13.9. The number of amides is 2. The van der Waals surface area contributed by atoms with E-state index in [9.17, 15) is 14.4 Å². The Morgan fingerprint density at radius 2 is 1.97 bits per heavy atom. The van der Waals surface area contributed by atoms with Gasteiger partial charge in [-0.2, -0.15) is 0 Å². The molecular weight excluding hydrogens is 392 g/mol. The minimum absolute atomic E-state index is 0.00202. The van der Waals surface area contributed by atoms with Gasteiger partial charge in [-0.25, -0.2) is 0 Å². The van der Waals surface area contributed by atoms with Gasteiger partial charge in [0.15, 0.2) is 6.61 Å². The highest BCUT2D eigenvalue weighted by Gasteiger charge is 2.25. The number of aryl methyl sites for hydroxylation is 2. The van der Waals surface area contributed by atoms with Crippen LogP contribution in [-0.2, 0) is 33.6 Å². The van der Waals surface area contributed by atoms with Crippen molar-refractivity contribution in [3.8, 4) is 5.75 Å². The Balaban J connectivity index is 1.61. The fraction of sp³-hybridized carbons (Fsp3) is 0.381. The summed E-state index contributed by atoms with van der Waals surface area (Å²) in [5.41, 5.74) is 8.53. The molecule has 154 valence electrons. The summed E-state index contributed by atoms with van der Waals surface area (Å²) in [6.45, 7) is 1.48. The maximum atomic E-state index is 12.3. The van der Waals surface area contributed by atoms with Gasteiger partial charge < -0.3 is 20.5 Å². The van der Waals surface area contributed by atoms with Crippen LogP contribution < -0.4 is 15.8 Å². The topological polar surface area (TPSA) is 108 Å². The molecule has 2 amide bonds. The zero-order valence-electron chi connectivity index (χ0n) is 16.5. The van der Waals surface area contributed by atoms with Crippen molar-refractivity contribution in [1.29, 1.82) is 0 Å². The van der Waals surface area contributed by atoms with Crippen LogP contribution in [0.5, 0.6) is 5.75 Å². The normalized spacial score (nSPS) is 12.8. The quantitative estimate of drug-likeness (QED) is 0.675. The number of rotatable bonds is 7. The Labute approximate surface area is 173 Å². The first-order valence-electron chi connectivity index (χ1n) is 9.42. The maximum Gasteiger partial charge on any atom is 0.310 e. The molecule has 1 heterocycles. The lowest BCUT2D eigenvalue weighted by atomic mass is 9.95. The number of anilines is 1. The lowest BCUT2D eigenvalue weighted by molar-refractivity contribution is -0.146. The second kappa shape index (κ2) is 9.09. The monoisotopic (exact) mass is 416 g/mol. The molecule has 1 aromatic heterocycles. The second-order valence-corrected chi connectivity index (χ2v) is 8.09. The highest BCUT2D eigenvalue weighted by Crippen LogP contribution is 2.37. The number of esters is 1. The van der Waals surface area contributed by atoms with Gasteiger partial charge >= 0.3 is 5.97 Å². The van der Waals surface area contributed by atoms with E-state index in [0.29, 0.717) is 21.9 Å². The fourth-order valence-electron chi connectivity index (χ4n) is 3.48. The van der Waals surface area contributed by atoms with E-state index in [-0.39, 0.29) is 6.42 Å². The van der Waals surface area contributed by atoms with Crippen molar-refractivity contribution >= 4 is 34.1 Å². The summed E-state index contributed by atoms with van der Waals surface area (Å²) < 4.78 is 10.4. The third-order valence-electron chi connectivity index (χ3n) is 4.81. The van der Waals surface area contributed by atoms with Crippen LogP contribution in [-0.4, -0.2) is 31.5 Å². The summed E-state index contributed by atoms with van der Waals surface area (Å²) >= 11 is 1.37. The molecule has 1 aromatic carbocycles. The molecule has 2 aromatic rings. The van der Waals surface area contributed by atoms with Crippen molar-refractivity contribution in [2.24, 2.45) is 5.73 Å². The third kappa shape index (κ3) is 4.95. The average Bonchev–Trinajstić information content (AvgIpc) is 3.04. The molecule has 3 N–H and O–H groups in total. The predicted molar refractivity (Wildman–Crippen MR) is 111 cm³/mol. The highest BCUT2D eigenvalue weighted by atomic mass is 32.1. The molecule has 0 aliphatic heterocycles. The van der Waals surface area contributed by atoms with E-state index in [2.05, 4.69) is 5.32 Å². The molecule has 0 spiro atoms. The second-order valence-electron chi connectivity index (χ2n) is 6.98. The Morgan fingerprint density at radius 3 is 2.69 bits per heavy atom. The van der Waals surface area contributed by atoms with E-state index in [1.165, 1.54) is 18.4 Å². The Bertz CT molecular complexity index is 951. The zero-order chi connectivity index (χ0) is 21.0. The van der Waals surface area contributed by atoms with Crippen molar-refractivity contribution < 1.29 is 23.9 Å². The molecular formula is C21H24N2O5S. The van der Waals surface area contributed by atoms with Gasteiger partial charge in [-0.15, -0.1) is 11.3 Å². The summed E-state index contributed by atoms with van der Waals surface area (Å²) in [6.07, 6.45) is 3.71. The first-order valence-corrected chi connectivity index (χ1v) is 10.2. The Hall–Kier alpha value is -2.87. The molecule has 0 bridgehead atoms. The van der Waals surface area contributed by atoms with Gasteiger partial charge in [-0.3, -0.25) is 14.4 Å². The number of nitrogens with two attached hydrogens (primary N) is 1. The van der Waals surface area contributed by atoms with Gasteiger partial charge in [0.1, 0.15) is 10.8 Å². The van der Waals surface area contributed by atoms with Crippen LogP contribution in [0, 0.1) is 6.92 Å². The number of nitrogens with one attached hydrogen (secondary N) is 1. The van der Waals surface area contributed by atoms with Crippen LogP contribution in [0.4, 0.5) is 5.00 Å². The van der Waals surface area contributed by atoms with Gasteiger partial charge in [-0.1, -0.05) is 17.7 Å². The van der Waals surface area contributed by atoms with Crippen LogP contribution in [0.15, 0.2) is 18.2 Å². The Morgan fingerprint density at radius 1 is 1.21 bits per heavy atom. The molecule has 3 rings (SSSR count). The molecule has 0 fully saturated rings. The predicted octanol–water partition coefficient (Wildman–Crippen LogP) is 2.77. The average molecular weight is 416 g/mol. The maximum absolute atomic E-state index is 12.3. The minimum atomic E-state index is -0.553. The van der Waals surface area contributed by atoms with Crippen LogP contribution in [0.1, 0.15) is 44.8 Å². The summed E-state index contributed by atoms with van der Waals surface area (Å²) in [4.78, 5) is 37.4. The van der Waals surface area contributed by atoms with Gasteiger partial charge in [0, 0.05) is 10.4 Å². The summed E-state index contributed by atoms with van der Waals surface area (Å²) in [5, 5.41) is 3.11. The largest absolute Gasteiger partial charge is 0.496 e. The summed E-state index contributed by atoms with van der Waals surface area (Å²) in [5.74, 6) is -1.00. The number of primary amides is 1. The van der Waals surface area contributed by atoms with E-state index < -0.39 is 24.4 Å². The number of fused-ring (bicyclic) bond motifs is 1. The van der Waals surface area contributed by atoms with Crippen molar-refractivity contribution in [3.05, 3.63) is 45.3 Å². The molecule has 0 atom stereocenters. The van der Waals surface area contributed by atoms with E-state index in [1.807, 2.05) is 19.1 Å². The number of carbonyl (C=O) groups is 3. The van der Waals surface area contributed by atoms with E-state index >= 15 is 0 Å². The fourth-order valence-corrected chi connectivity index (χ4v) is 4.79. The van der Waals surface area contributed by atoms with Crippen LogP contribution in [0.25, 0.3) is 0 Å². The van der Waals surface area contributed by atoms with Crippen molar-refractivity contribution in [2.75, 3.05) is 19.0 Å². The van der Waals surface area contributed by atoms with E-state index in [1.54, 1.807) is 6.07 Å². The van der Waals surface area contributed by atoms with Crippen LogP contribution in [0.3, 0.4) is 0 Å². The van der Waals surface area contributed by atoms with Crippen LogP contribution >= 0.6 is 11.3 Å². The van der Waals surface area contributed by atoms with E-state index in [4.69, 9.17) is 15.2 Å². The van der Waals surface area contributed by atoms with Crippen molar-refractivity contribution in [2.45, 2.75) is 39.0 Å². The van der Waals surface area contributed by atoms with Crippen molar-refractivity contribution in [1.82, 2.24) is 0 Å². The lowest BCUT2D eigenvalue weighted by Crippen LogP contribution is -2.23. The number of methoxy groups -OCH3 is 1. The molecule has 7 nitrogen and oxygen atoms in total. The number of carbonyl (C=O) groups excluding carboxylic acids is 3. The molecule has 1 aliphatic carbocycles. The SMILES string of the molecule is COc1ccc(C)cc1CC(=O)OCC(=O)Nc1sc2c(c1C(N)=O)CCCC2. The number of ether oxygens (including phenoxy) is 2. The zero-order valence-corrected chi connectivity index (χ0v) is 17.3. The van der Waals surface area contributed by atoms with E-state index in [0.717, 1.165) is 41.7 Å². The molecule has 1 aliphatic rings. The number of thiophene rings is 1. The van der Waals surface area contributed by atoms with Gasteiger partial charge in [0.05, 0.1) is 19.1 Å². The van der Waals surface area contributed by atoms with Gasteiger partial charge in [0.25, 0.3) is 11.8 Å². The summed E-state index contributed by atoms with van der Waals surface area (Å²) in [6, 6.07) is 5.52. The number of benzene rings is 1. The van der Waals surface area contributed by atoms with Gasteiger partial charge in [0.2, 0.25) is 0 Å². The standard InChI is InChI=1S/C21H24N2O5S/c1-12-7-8-15(27-2)13(9-12)10-18(25)28-11-17(24)23-21-19(20(22)26)14-5-3-4-6-16(14)29-21/h7-9H,3-6,10-11H2,1-2H3,(H2,22,26)(H,23,24). The molecule has 0 saturated heterocycles. The molecule has 0 saturated carbocycles. The molecule has 29 heavy (non-hydrogen) atoms. The minimum Gasteiger partial charge on any atom is -0.496 e. The highest BCUT2D eigenvalue weighted by molar-refractivity contribution is 7.17. The Kier molecular flexibility index (Phi) is 6.53. The number of hydrogen-bond donors (Lipinski definition) is 2. The third-order valence-corrected chi connectivity index (χ3v) is 6.01. The first kappa shape index (κ1) is 20.9. The van der Waals surface area contributed by atoms with Gasteiger partial charge in [-0.05, 0) is 44.2 Å². The summed E-state index contributed by atoms with van der Waals surface area (Å²) in [7, 11) is 1.53. The smallest absolute Gasteiger partial charge is 0.310 e. The number of hydrogen-bond acceptors (Lipinski definition) is 6. The molecule has 8 heteroatoms. The molecule has 0 radical (unpaired) electrons. The van der Waals surface area contributed by atoms with Crippen LogP contribution in [0.2, 0.25) is 0 Å². The molecule has 0 unspecified atom stereocenters. The lowest BCUT2D eigenvalue weighted by Gasteiger charge is -2.11. The van der Waals surface area contributed by atoms with Crippen molar-refractivity contribution in [3.63, 3.8) is 0 Å².